The summed E-state index contributed by atoms with van der Waals surface area (Å²) in [5.41, 5.74) is 0.438. The van der Waals surface area contributed by atoms with E-state index in [-0.39, 0.29) is 16.7 Å². The van der Waals surface area contributed by atoms with E-state index in [1.165, 1.54) is 24.3 Å². The Balaban J connectivity index is 2.69. The lowest BCUT2D eigenvalue weighted by molar-refractivity contribution is 0.588. The molecule has 0 radical (unpaired) electrons. The molecule has 0 spiro atoms. The lowest BCUT2D eigenvalue weighted by atomic mass is 10.2. The summed E-state index contributed by atoms with van der Waals surface area (Å²) < 4.78 is 23.9. The molecular weight excluding hydrogens is 248 g/mol. The topological polar surface area (TPSA) is 70.0 Å². The van der Waals surface area contributed by atoms with E-state index in [2.05, 4.69) is 11.2 Å². The fourth-order valence-corrected chi connectivity index (χ4v) is 2.50. The third-order valence-corrected chi connectivity index (χ3v) is 4.15. The molecule has 0 bridgehead atoms. The maximum absolute atomic E-state index is 11.9. The van der Waals surface area contributed by atoms with E-state index in [0.29, 0.717) is 12.1 Å². The molecule has 0 heterocycles. The van der Waals surface area contributed by atoms with Crippen molar-refractivity contribution in [1.82, 2.24) is 5.32 Å². The van der Waals surface area contributed by atoms with E-state index in [0.717, 1.165) is 0 Å². The highest BCUT2D eigenvalue weighted by Gasteiger charge is 2.14. The number of nitrogens with one attached hydrogen (secondary N) is 1. The Hall–Kier alpha value is -1.82. The average molecular weight is 262 g/mol. The first-order valence-corrected chi connectivity index (χ1v) is 7.07. The molecule has 0 saturated heterocycles. The number of sulfone groups is 1. The van der Waals surface area contributed by atoms with E-state index < -0.39 is 9.84 Å². The van der Waals surface area contributed by atoms with Gasteiger partial charge in [0, 0.05) is 6.54 Å². The van der Waals surface area contributed by atoms with Gasteiger partial charge < -0.3 is 5.32 Å². The summed E-state index contributed by atoms with van der Waals surface area (Å²) in [5, 5.41) is 11.5. The van der Waals surface area contributed by atoms with E-state index in [9.17, 15) is 8.42 Å². The van der Waals surface area contributed by atoms with Gasteiger partial charge in [-0.1, -0.05) is 5.92 Å². The van der Waals surface area contributed by atoms with Gasteiger partial charge >= 0.3 is 0 Å². The summed E-state index contributed by atoms with van der Waals surface area (Å²) in [4.78, 5) is 0.219. The van der Waals surface area contributed by atoms with Gasteiger partial charge in [-0.25, -0.2) is 8.42 Å². The van der Waals surface area contributed by atoms with Crippen molar-refractivity contribution in [1.29, 1.82) is 5.26 Å². The van der Waals surface area contributed by atoms with Crippen LogP contribution in [0.3, 0.4) is 0 Å². The molecule has 0 aliphatic heterocycles. The molecule has 1 aromatic rings. The van der Waals surface area contributed by atoms with Gasteiger partial charge in [0.2, 0.25) is 0 Å². The molecule has 1 rings (SSSR count). The molecule has 0 saturated carbocycles. The number of terminal acetylenes is 1. The SMILES string of the molecule is C#CC(C)NCCS(=O)(=O)c1ccc(C#N)cc1. The Morgan fingerprint density at radius 3 is 2.50 bits per heavy atom. The van der Waals surface area contributed by atoms with Crippen LogP contribution in [0.4, 0.5) is 0 Å². The molecule has 1 aromatic carbocycles. The van der Waals surface area contributed by atoms with Crippen molar-refractivity contribution < 1.29 is 8.42 Å². The highest BCUT2D eigenvalue weighted by Crippen LogP contribution is 2.11. The first-order valence-electron chi connectivity index (χ1n) is 5.42. The minimum absolute atomic E-state index is 0.0229. The molecule has 1 atom stereocenters. The van der Waals surface area contributed by atoms with Crippen LogP contribution >= 0.6 is 0 Å². The van der Waals surface area contributed by atoms with Crippen molar-refractivity contribution in [3.05, 3.63) is 29.8 Å². The van der Waals surface area contributed by atoms with Crippen LogP contribution in [0.25, 0.3) is 0 Å². The lowest BCUT2D eigenvalue weighted by Crippen LogP contribution is -2.29. The zero-order valence-corrected chi connectivity index (χ0v) is 10.9. The molecule has 1 unspecified atom stereocenters. The second-order valence-electron chi connectivity index (χ2n) is 3.80. The standard InChI is InChI=1S/C13H14N2O2S/c1-3-11(2)15-8-9-18(16,17)13-6-4-12(10-14)5-7-13/h1,4-7,11,15H,8-9H2,2H3. The van der Waals surface area contributed by atoms with Crippen LogP contribution in [0.15, 0.2) is 29.2 Å². The molecule has 0 amide bonds. The van der Waals surface area contributed by atoms with Crippen LogP contribution in [-0.4, -0.2) is 26.8 Å². The predicted molar refractivity (Wildman–Crippen MR) is 69.5 cm³/mol. The Kier molecular flexibility index (Phi) is 4.91. The molecule has 94 valence electrons. The summed E-state index contributed by atoms with van der Waals surface area (Å²) >= 11 is 0. The second kappa shape index (κ2) is 6.20. The Labute approximate surface area is 108 Å². The van der Waals surface area contributed by atoms with Gasteiger partial charge in [-0.2, -0.15) is 5.26 Å². The quantitative estimate of drug-likeness (QED) is 0.802. The van der Waals surface area contributed by atoms with E-state index >= 15 is 0 Å². The van der Waals surface area contributed by atoms with Gasteiger partial charge in [-0.05, 0) is 31.2 Å². The highest BCUT2D eigenvalue weighted by atomic mass is 32.2. The summed E-state index contributed by atoms with van der Waals surface area (Å²) in [6.45, 7) is 2.09. The van der Waals surface area contributed by atoms with E-state index in [1.54, 1.807) is 6.92 Å². The number of hydrogen-bond acceptors (Lipinski definition) is 4. The van der Waals surface area contributed by atoms with Crippen molar-refractivity contribution >= 4 is 9.84 Å². The monoisotopic (exact) mass is 262 g/mol. The third-order valence-electron chi connectivity index (χ3n) is 2.41. The third kappa shape index (κ3) is 3.89. The molecule has 0 fully saturated rings. The van der Waals surface area contributed by atoms with Crippen molar-refractivity contribution in [3.63, 3.8) is 0 Å². The molecule has 0 aromatic heterocycles. The van der Waals surface area contributed by atoms with Gasteiger partial charge in [-0.3, -0.25) is 0 Å². The minimum atomic E-state index is -3.33. The Morgan fingerprint density at radius 1 is 1.39 bits per heavy atom. The van der Waals surface area contributed by atoms with Crippen LogP contribution in [0, 0.1) is 23.7 Å². The van der Waals surface area contributed by atoms with Crippen molar-refractivity contribution in [2.75, 3.05) is 12.3 Å². The Morgan fingerprint density at radius 2 is 2.00 bits per heavy atom. The smallest absolute Gasteiger partial charge is 0.179 e. The molecular formula is C13H14N2O2S. The number of benzene rings is 1. The number of hydrogen-bond donors (Lipinski definition) is 1. The zero-order valence-electron chi connectivity index (χ0n) is 10.1. The summed E-state index contributed by atoms with van der Waals surface area (Å²) in [6, 6.07) is 7.66. The van der Waals surface area contributed by atoms with Crippen LogP contribution in [0.1, 0.15) is 12.5 Å². The van der Waals surface area contributed by atoms with Crippen molar-refractivity contribution in [2.24, 2.45) is 0 Å². The summed E-state index contributed by atoms with van der Waals surface area (Å²) in [7, 11) is -3.33. The molecule has 4 nitrogen and oxygen atoms in total. The highest BCUT2D eigenvalue weighted by molar-refractivity contribution is 7.91. The molecule has 1 N–H and O–H groups in total. The van der Waals surface area contributed by atoms with Gasteiger partial charge in [0.25, 0.3) is 0 Å². The summed E-state index contributed by atoms with van der Waals surface area (Å²) in [5.74, 6) is 2.44. The number of rotatable bonds is 5. The van der Waals surface area contributed by atoms with Gasteiger partial charge in [0.15, 0.2) is 9.84 Å². The first-order chi connectivity index (χ1) is 8.49. The van der Waals surface area contributed by atoms with Gasteiger partial charge in [0.1, 0.15) is 0 Å². The van der Waals surface area contributed by atoms with Crippen LogP contribution in [-0.2, 0) is 9.84 Å². The first kappa shape index (κ1) is 14.2. The van der Waals surface area contributed by atoms with Crippen molar-refractivity contribution in [2.45, 2.75) is 17.9 Å². The largest absolute Gasteiger partial charge is 0.303 e. The second-order valence-corrected chi connectivity index (χ2v) is 5.91. The minimum Gasteiger partial charge on any atom is -0.303 e. The normalized spacial score (nSPS) is 12.4. The van der Waals surface area contributed by atoms with E-state index in [4.69, 9.17) is 11.7 Å². The molecule has 0 aliphatic carbocycles. The fourth-order valence-electron chi connectivity index (χ4n) is 1.32. The Bertz CT molecular complexity index is 577. The van der Waals surface area contributed by atoms with Gasteiger partial charge in [0.05, 0.1) is 28.3 Å². The predicted octanol–water partition coefficient (Wildman–Crippen LogP) is 0.943. The zero-order chi connectivity index (χ0) is 13.6. The molecule has 5 heteroatoms. The number of nitriles is 1. The number of nitrogens with zero attached hydrogens (tertiary/aromatic N) is 1. The fraction of sp³-hybridized carbons (Fsp3) is 0.308. The molecule has 0 aliphatic rings. The maximum Gasteiger partial charge on any atom is 0.179 e. The van der Waals surface area contributed by atoms with Crippen LogP contribution in [0.2, 0.25) is 0 Å². The summed E-state index contributed by atoms with van der Waals surface area (Å²) in [6.07, 6.45) is 5.17. The molecule has 18 heavy (non-hydrogen) atoms. The van der Waals surface area contributed by atoms with Crippen molar-refractivity contribution in [3.8, 4) is 18.4 Å². The average Bonchev–Trinajstić information content (AvgIpc) is 2.38. The van der Waals surface area contributed by atoms with Crippen LogP contribution < -0.4 is 5.32 Å². The lowest BCUT2D eigenvalue weighted by Gasteiger charge is -2.08. The van der Waals surface area contributed by atoms with Crippen LogP contribution in [0.5, 0.6) is 0 Å². The maximum atomic E-state index is 11.9. The van der Waals surface area contributed by atoms with Gasteiger partial charge in [-0.15, -0.1) is 6.42 Å². The van der Waals surface area contributed by atoms with E-state index in [1.807, 2.05) is 6.07 Å².